The summed E-state index contributed by atoms with van der Waals surface area (Å²) in [6.45, 7) is 2.90. The minimum atomic E-state index is -1.17. The highest BCUT2D eigenvalue weighted by Gasteiger charge is 2.23. The second-order valence-corrected chi connectivity index (χ2v) is 8.22. The first-order valence-corrected chi connectivity index (χ1v) is 11.4. The van der Waals surface area contributed by atoms with Gasteiger partial charge in [-0.15, -0.1) is 5.10 Å². The Morgan fingerprint density at radius 2 is 1.77 bits per heavy atom. The van der Waals surface area contributed by atoms with E-state index in [1.54, 1.807) is 42.5 Å². The van der Waals surface area contributed by atoms with E-state index in [-0.39, 0.29) is 22.9 Å². The van der Waals surface area contributed by atoms with Crippen LogP contribution in [0.1, 0.15) is 46.0 Å². The number of carbonyl (C=O) groups is 2. The van der Waals surface area contributed by atoms with Gasteiger partial charge in [0.2, 0.25) is 5.88 Å². The molecule has 2 aromatic heterocycles. The number of methoxy groups -OCH3 is 1. The molecule has 0 fully saturated rings. The Morgan fingerprint density at radius 3 is 2.36 bits per heavy atom. The van der Waals surface area contributed by atoms with Crippen molar-refractivity contribution in [1.82, 2.24) is 19.7 Å². The molecule has 2 aromatic carbocycles. The number of aryl methyl sites for hydroxylation is 1. The molecule has 13 nitrogen and oxygen atoms in total. The lowest BCUT2D eigenvalue weighted by molar-refractivity contribution is -0.134. The molecule has 1 atom stereocenters. The third-order valence-corrected chi connectivity index (χ3v) is 5.27. The number of aliphatic carboxylic acids is 1. The van der Waals surface area contributed by atoms with Gasteiger partial charge < -0.3 is 26.0 Å². The zero-order valence-corrected chi connectivity index (χ0v) is 21.3. The molecule has 1 unspecified atom stereocenters. The number of carboxylic acids is 2. The minimum absolute atomic E-state index is 0.0530. The van der Waals surface area contributed by atoms with E-state index >= 15 is 0 Å². The number of aromatic carboxylic acids is 1. The fourth-order valence-electron chi connectivity index (χ4n) is 3.63. The molecule has 4 rings (SSSR count). The van der Waals surface area contributed by atoms with E-state index in [2.05, 4.69) is 20.4 Å². The van der Waals surface area contributed by atoms with E-state index in [9.17, 15) is 14.7 Å². The number of nitrogen functional groups attached to an aromatic ring is 1. The Hall–Kier alpha value is -5.46. The highest BCUT2D eigenvalue weighted by Crippen LogP contribution is 2.27. The van der Waals surface area contributed by atoms with Gasteiger partial charge in [0.1, 0.15) is 11.9 Å². The molecule has 0 amide bonds. The predicted octanol–water partition coefficient (Wildman–Crippen LogP) is 2.55. The third kappa shape index (κ3) is 7.07. The summed E-state index contributed by atoms with van der Waals surface area (Å²) in [5.74, 6) is -1.43. The van der Waals surface area contributed by atoms with E-state index in [4.69, 9.17) is 25.8 Å². The Morgan fingerprint density at radius 1 is 1.13 bits per heavy atom. The van der Waals surface area contributed by atoms with Crippen LogP contribution in [0.5, 0.6) is 5.88 Å². The normalized spacial score (nSPS) is 11.1. The second-order valence-electron chi connectivity index (χ2n) is 8.22. The standard InChI is InChI=1S/C24H23N7O4.C2H4O2/c1-13-11-15(12-19(27-13)35-2)20(28-16-9-7-14(8-10-16)21(25)26)22-29-24(34)31(30-22)18-6-4-3-5-17(18)23(32)33;1-2(3)4/h3-12,20,28H,1-2H3,(H3,25,26)(H,32,33)(H,29,30,34);1H3,(H,3,4). The minimum Gasteiger partial charge on any atom is -0.481 e. The fraction of sp³-hybridized carbons (Fsp3) is 0.154. The number of ether oxygens (including phenoxy) is 1. The first-order valence-electron chi connectivity index (χ1n) is 11.4. The number of aromatic amines is 1. The Balaban J connectivity index is 0.000000983. The summed E-state index contributed by atoms with van der Waals surface area (Å²) in [4.78, 5) is 40.6. The van der Waals surface area contributed by atoms with Crippen LogP contribution in [0.15, 0.2) is 65.5 Å². The topological polar surface area (TPSA) is 209 Å². The molecule has 13 heteroatoms. The van der Waals surface area contributed by atoms with Gasteiger partial charge in [0.25, 0.3) is 5.97 Å². The van der Waals surface area contributed by atoms with Crippen molar-refractivity contribution in [3.05, 3.63) is 99.4 Å². The number of aromatic nitrogens is 4. The Kier molecular flexibility index (Phi) is 8.79. The molecule has 0 spiro atoms. The second kappa shape index (κ2) is 12.2. The summed E-state index contributed by atoms with van der Waals surface area (Å²) in [7, 11) is 1.51. The lowest BCUT2D eigenvalue weighted by Gasteiger charge is -2.19. The van der Waals surface area contributed by atoms with Gasteiger partial charge >= 0.3 is 11.7 Å². The Bertz CT molecular complexity index is 1560. The molecular formula is C26H27N7O6. The smallest absolute Gasteiger partial charge is 0.348 e. The maximum atomic E-state index is 12.9. The number of hydrogen-bond donors (Lipinski definition) is 6. The molecule has 0 radical (unpaired) electrons. The number of nitrogens with one attached hydrogen (secondary N) is 3. The monoisotopic (exact) mass is 533 g/mol. The van der Waals surface area contributed by atoms with Gasteiger partial charge in [-0.1, -0.05) is 12.1 Å². The van der Waals surface area contributed by atoms with Gasteiger partial charge in [-0.25, -0.2) is 14.6 Å². The summed E-state index contributed by atoms with van der Waals surface area (Å²) in [6.07, 6.45) is 0. The van der Waals surface area contributed by atoms with E-state index in [1.165, 1.54) is 19.2 Å². The number of nitrogens with two attached hydrogens (primary N) is 1. The van der Waals surface area contributed by atoms with Gasteiger partial charge in [-0.2, -0.15) is 4.68 Å². The summed E-state index contributed by atoms with van der Waals surface area (Å²) in [5.41, 5.74) is 7.68. The zero-order valence-electron chi connectivity index (χ0n) is 21.3. The summed E-state index contributed by atoms with van der Waals surface area (Å²) >= 11 is 0. The van der Waals surface area contributed by atoms with Crippen LogP contribution in [-0.4, -0.2) is 54.8 Å². The van der Waals surface area contributed by atoms with Crippen LogP contribution in [0.2, 0.25) is 0 Å². The SMILES string of the molecule is CC(=O)O.COc1cc(C(Nc2ccc(C(=N)N)cc2)c2nn(-c3ccccc3C(=O)O)c(=O)[nH]2)cc(C)n1. The predicted molar refractivity (Wildman–Crippen MR) is 143 cm³/mol. The number of rotatable bonds is 8. The quantitative estimate of drug-likeness (QED) is 0.144. The maximum Gasteiger partial charge on any atom is 0.348 e. The number of hydrogen-bond acceptors (Lipinski definition) is 8. The highest BCUT2D eigenvalue weighted by molar-refractivity contribution is 5.95. The number of H-pyrrole nitrogens is 1. The number of para-hydroxylation sites is 1. The van der Waals surface area contributed by atoms with Crippen molar-refractivity contribution in [3.8, 4) is 11.6 Å². The van der Waals surface area contributed by atoms with Gasteiger partial charge in [0, 0.05) is 29.9 Å². The van der Waals surface area contributed by atoms with E-state index in [0.717, 1.165) is 11.6 Å². The van der Waals surface area contributed by atoms with Crippen molar-refractivity contribution >= 4 is 23.5 Å². The number of pyridine rings is 1. The number of nitrogens with zero attached hydrogens (tertiary/aromatic N) is 3. The van der Waals surface area contributed by atoms with Gasteiger partial charge in [-0.05, 0) is 55.0 Å². The maximum absolute atomic E-state index is 12.9. The van der Waals surface area contributed by atoms with E-state index in [0.29, 0.717) is 28.4 Å². The van der Waals surface area contributed by atoms with Gasteiger partial charge in [-0.3, -0.25) is 15.2 Å². The average molecular weight is 534 g/mol. The molecule has 0 aliphatic rings. The number of anilines is 1. The molecule has 0 aliphatic carbocycles. The highest BCUT2D eigenvalue weighted by atomic mass is 16.5. The van der Waals surface area contributed by atoms with Crippen LogP contribution >= 0.6 is 0 Å². The molecule has 7 N–H and O–H groups in total. The van der Waals surface area contributed by atoms with Crippen LogP contribution in [0, 0.1) is 12.3 Å². The first kappa shape index (κ1) is 28.1. The molecule has 0 saturated heterocycles. The molecule has 39 heavy (non-hydrogen) atoms. The van der Waals surface area contributed by atoms with Crippen LogP contribution in [-0.2, 0) is 4.79 Å². The molecule has 0 saturated carbocycles. The van der Waals surface area contributed by atoms with Crippen molar-refractivity contribution in [3.63, 3.8) is 0 Å². The zero-order chi connectivity index (χ0) is 28.7. The van der Waals surface area contributed by atoms with Crippen LogP contribution in [0.25, 0.3) is 5.69 Å². The van der Waals surface area contributed by atoms with Crippen molar-refractivity contribution in [2.24, 2.45) is 5.73 Å². The molecular weight excluding hydrogens is 506 g/mol. The molecule has 4 aromatic rings. The lowest BCUT2D eigenvalue weighted by atomic mass is 10.1. The van der Waals surface area contributed by atoms with Gasteiger partial charge in [0.15, 0.2) is 5.82 Å². The van der Waals surface area contributed by atoms with Crippen LogP contribution < -0.4 is 21.5 Å². The Labute approximate surface area is 222 Å². The number of amidine groups is 1. The molecule has 0 bridgehead atoms. The van der Waals surface area contributed by atoms with Crippen molar-refractivity contribution in [2.45, 2.75) is 19.9 Å². The molecule has 2 heterocycles. The number of benzene rings is 2. The fourth-order valence-corrected chi connectivity index (χ4v) is 3.63. The summed E-state index contributed by atoms with van der Waals surface area (Å²) in [6, 6.07) is 15.9. The van der Waals surface area contributed by atoms with Crippen molar-refractivity contribution in [1.29, 1.82) is 5.41 Å². The van der Waals surface area contributed by atoms with E-state index < -0.39 is 23.7 Å². The molecule has 0 aliphatic heterocycles. The largest absolute Gasteiger partial charge is 0.481 e. The van der Waals surface area contributed by atoms with Gasteiger partial charge in [0.05, 0.1) is 18.4 Å². The average Bonchev–Trinajstić information content (AvgIpc) is 3.27. The summed E-state index contributed by atoms with van der Waals surface area (Å²) in [5, 5.41) is 32.3. The summed E-state index contributed by atoms with van der Waals surface area (Å²) < 4.78 is 6.34. The van der Waals surface area contributed by atoms with Crippen molar-refractivity contribution < 1.29 is 24.5 Å². The lowest BCUT2D eigenvalue weighted by Crippen LogP contribution is -2.18. The number of carboxylic acid groups (broad SMARTS) is 2. The molecule has 202 valence electrons. The first-order chi connectivity index (χ1) is 18.5. The van der Waals surface area contributed by atoms with Crippen molar-refractivity contribution in [2.75, 3.05) is 12.4 Å². The van der Waals surface area contributed by atoms with Crippen LogP contribution in [0.4, 0.5) is 5.69 Å². The van der Waals surface area contributed by atoms with E-state index in [1.807, 2.05) is 13.0 Å². The van der Waals surface area contributed by atoms with Crippen LogP contribution in [0.3, 0.4) is 0 Å². The third-order valence-electron chi connectivity index (χ3n) is 5.27.